The smallest absolute Gasteiger partial charge is 0.267 e. The lowest BCUT2D eigenvalue weighted by molar-refractivity contribution is 0.103. The average Bonchev–Trinajstić information content (AvgIpc) is 3.33. The summed E-state index contributed by atoms with van der Waals surface area (Å²) in [5, 5.41) is 7.50. The number of halogens is 1. The molecular formula is C20H16FN5OS. The van der Waals surface area contributed by atoms with Crippen molar-refractivity contribution in [3.8, 4) is 5.69 Å². The van der Waals surface area contributed by atoms with E-state index in [-0.39, 0.29) is 11.6 Å². The highest BCUT2D eigenvalue weighted by Gasteiger charge is 2.16. The molecule has 4 rings (SSSR count). The van der Waals surface area contributed by atoms with Crippen LogP contribution in [0.1, 0.15) is 25.9 Å². The number of aryl methyl sites for hydroxylation is 1. The summed E-state index contributed by atoms with van der Waals surface area (Å²) in [5.74, 6) is -0.809. The van der Waals surface area contributed by atoms with Gasteiger partial charge in [-0.05, 0) is 30.7 Å². The zero-order chi connectivity index (χ0) is 19.5. The van der Waals surface area contributed by atoms with Gasteiger partial charge >= 0.3 is 0 Å². The van der Waals surface area contributed by atoms with Gasteiger partial charge in [0.05, 0.1) is 10.7 Å². The molecule has 0 bridgehead atoms. The first-order valence-corrected chi connectivity index (χ1v) is 9.38. The summed E-state index contributed by atoms with van der Waals surface area (Å²) in [5.41, 5.74) is 2.42. The molecule has 6 nitrogen and oxygen atoms in total. The van der Waals surface area contributed by atoms with Crippen LogP contribution in [-0.2, 0) is 6.42 Å². The molecule has 0 spiro atoms. The van der Waals surface area contributed by atoms with E-state index in [0.717, 1.165) is 10.6 Å². The molecule has 0 fully saturated rings. The van der Waals surface area contributed by atoms with E-state index < -0.39 is 5.82 Å². The highest BCUT2D eigenvalue weighted by molar-refractivity contribution is 7.14. The van der Waals surface area contributed by atoms with Crippen LogP contribution in [0.2, 0.25) is 0 Å². The maximum absolute atomic E-state index is 14.3. The van der Waals surface area contributed by atoms with E-state index in [9.17, 15) is 9.18 Å². The lowest BCUT2D eigenvalue weighted by Gasteiger charge is -2.07. The van der Waals surface area contributed by atoms with Crippen LogP contribution < -0.4 is 5.32 Å². The predicted octanol–water partition coefficient (Wildman–Crippen LogP) is 4.01. The fraction of sp³-hybridized carbons (Fsp3) is 0.100. The highest BCUT2D eigenvalue weighted by Crippen LogP contribution is 2.23. The van der Waals surface area contributed by atoms with Gasteiger partial charge in [0.25, 0.3) is 5.91 Å². The molecule has 0 radical (unpaired) electrons. The van der Waals surface area contributed by atoms with Crippen LogP contribution >= 0.6 is 11.3 Å². The molecular weight excluding hydrogens is 377 g/mol. The van der Waals surface area contributed by atoms with Crippen LogP contribution in [0.25, 0.3) is 5.69 Å². The van der Waals surface area contributed by atoms with Crippen molar-refractivity contribution < 1.29 is 9.18 Å². The second-order valence-electron chi connectivity index (χ2n) is 6.14. The fourth-order valence-electron chi connectivity index (χ4n) is 2.80. The Morgan fingerprint density at radius 3 is 2.75 bits per heavy atom. The fourth-order valence-corrected chi connectivity index (χ4v) is 3.79. The number of hydrogen-bond acceptors (Lipinski definition) is 5. The van der Waals surface area contributed by atoms with Crippen molar-refractivity contribution in [2.45, 2.75) is 13.3 Å². The molecule has 0 saturated heterocycles. The number of anilines is 1. The average molecular weight is 393 g/mol. The molecule has 0 unspecified atom stereocenters. The largest absolute Gasteiger partial charge is 0.321 e. The molecule has 0 atom stereocenters. The number of aromatic nitrogens is 4. The number of amides is 1. The maximum atomic E-state index is 14.3. The van der Waals surface area contributed by atoms with Gasteiger partial charge in [-0.3, -0.25) is 4.79 Å². The van der Waals surface area contributed by atoms with Crippen LogP contribution in [0.3, 0.4) is 0 Å². The van der Waals surface area contributed by atoms with Gasteiger partial charge in [-0.1, -0.05) is 30.3 Å². The summed E-state index contributed by atoms with van der Waals surface area (Å²) in [7, 11) is 0. The van der Waals surface area contributed by atoms with E-state index in [1.807, 2.05) is 30.3 Å². The molecule has 0 saturated carbocycles. The molecule has 28 heavy (non-hydrogen) atoms. The summed E-state index contributed by atoms with van der Waals surface area (Å²) in [6.45, 7) is 1.80. The Labute approximate surface area is 164 Å². The third-order valence-corrected chi connectivity index (χ3v) is 5.27. The molecule has 2 aromatic carbocycles. The first-order chi connectivity index (χ1) is 13.6. The summed E-state index contributed by atoms with van der Waals surface area (Å²) in [6.07, 6.45) is 3.40. The zero-order valence-electron chi connectivity index (χ0n) is 15.0. The van der Waals surface area contributed by atoms with Crippen LogP contribution in [-0.4, -0.2) is 25.7 Å². The second-order valence-corrected chi connectivity index (χ2v) is 7.23. The monoisotopic (exact) mass is 393 g/mol. The van der Waals surface area contributed by atoms with E-state index in [1.165, 1.54) is 34.7 Å². The summed E-state index contributed by atoms with van der Waals surface area (Å²) < 4.78 is 15.7. The Hall–Kier alpha value is -3.39. The third-order valence-electron chi connectivity index (χ3n) is 4.12. The third kappa shape index (κ3) is 3.81. The molecule has 0 aliphatic rings. The number of thiazole rings is 1. The van der Waals surface area contributed by atoms with E-state index in [0.29, 0.717) is 22.7 Å². The zero-order valence-corrected chi connectivity index (χ0v) is 15.8. The number of carbonyl (C=O) groups excluding carboxylic acids is 1. The topological polar surface area (TPSA) is 72.7 Å². The number of hydrogen-bond donors (Lipinski definition) is 1. The highest BCUT2D eigenvalue weighted by atomic mass is 32.1. The maximum Gasteiger partial charge on any atom is 0.267 e. The van der Waals surface area contributed by atoms with E-state index >= 15 is 0 Å². The lowest BCUT2D eigenvalue weighted by atomic mass is 10.2. The number of rotatable bonds is 5. The van der Waals surface area contributed by atoms with Gasteiger partial charge in [0, 0.05) is 12.1 Å². The van der Waals surface area contributed by atoms with E-state index in [1.54, 1.807) is 19.1 Å². The van der Waals surface area contributed by atoms with Gasteiger partial charge in [0.15, 0.2) is 5.82 Å². The van der Waals surface area contributed by atoms with Crippen molar-refractivity contribution in [1.82, 2.24) is 19.7 Å². The molecule has 0 aliphatic carbocycles. The SMILES string of the molecule is Cc1nc(Cc2ccccc2)sc1C(=O)Nc1ccc(-n2cncn2)c(F)c1. The number of nitrogens with one attached hydrogen (secondary N) is 1. The van der Waals surface area contributed by atoms with Crippen molar-refractivity contribution in [1.29, 1.82) is 0 Å². The Morgan fingerprint density at radius 1 is 1.21 bits per heavy atom. The molecule has 2 aromatic heterocycles. The standard InChI is InChI=1S/C20H16FN5OS/c1-13-19(28-18(24-13)9-14-5-3-2-4-6-14)20(27)25-15-7-8-17(16(21)10-15)26-12-22-11-23-26/h2-8,10-12H,9H2,1H3,(H,25,27). The molecule has 1 N–H and O–H groups in total. The van der Waals surface area contributed by atoms with Gasteiger partial charge in [-0.2, -0.15) is 5.10 Å². The first kappa shape index (κ1) is 18.0. The minimum atomic E-state index is -0.505. The van der Waals surface area contributed by atoms with Crippen molar-refractivity contribution in [3.05, 3.63) is 88.1 Å². The number of nitrogens with zero attached hydrogens (tertiary/aromatic N) is 4. The predicted molar refractivity (Wildman–Crippen MR) is 105 cm³/mol. The normalized spacial score (nSPS) is 10.8. The number of benzene rings is 2. The molecule has 0 aliphatic heterocycles. The number of carbonyl (C=O) groups is 1. The Kier molecular flexibility index (Phi) is 4.94. The summed E-state index contributed by atoms with van der Waals surface area (Å²) in [6, 6.07) is 14.4. The lowest BCUT2D eigenvalue weighted by Crippen LogP contribution is -2.12. The summed E-state index contributed by atoms with van der Waals surface area (Å²) in [4.78, 5) is 21.5. The van der Waals surface area contributed by atoms with Gasteiger partial charge in [-0.15, -0.1) is 11.3 Å². The molecule has 1 amide bonds. The molecule has 140 valence electrons. The Morgan fingerprint density at radius 2 is 2.04 bits per heavy atom. The van der Waals surface area contributed by atoms with Crippen LogP contribution in [0, 0.1) is 12.7 Å². The van der Waals surface area contributed by atoms with Crippen LogP contribution in [0.5, 0.6) is 0 Å². The van der Waals surface area contributed by atoms with Gasteiger partial charge in [0.1, 0.15) is 23.2 Å². The Balaban J connectivity index is 1.50. The quantitative estimate of drug-likeness (QED) is 0.556. The minimum Gasteiger partial charge on any atom is -0.321 e. The van der Waals surface area contributed by atoms with E-state index in [2.05, 4.69) is 20.4 Å². The molecule has 4 aromatic rings. The van der Waals surface area contributed by atoms with Crippen molar-refractivity contribution >= 4 is 22.9 Å². The van der Waals surface area contributed by atoms with Crippen molar-refractivity contribution in [3.63, 3.8) is 0 Å². The Bertz CT molecular complexity index is 1110. The van der Waals surface area contributed by atoms with Crippen molar-refractivity contribution in [2.75, 3.05) is 5.32 Å². The van der Waals surface area contributed by atoms with Gasteiger partial charge in [-0.25, -0.2) is 19.0 Å². The van der Waals surface area contributed by atoms with Crippen LogP contribution in [0.15, 0.2) is 61.2 Å². The van der Waals surface area contributed by atoms with Gasteiger partial charge in [0.2, 0.25) is 0 Å². The molecule has 2 heterocycles. The summed E-state index contributed by atoms with van der Waals surface area (Å²) >= 11 is 1.35. The van der Waals surface area contributed by atoms with Crippen LogP contribution in [0.4, 0.5) is 10.1 Å². The minimum absolute atomic E-state index is 0.259. The van der Waals surface area contributed by atoms with Crippen molar-refractivity contribution in [2.24, 2.45) is 0 Å². The molecule has 8 heteroatoms. The first-order valence-electron chi connectivity index (χ1n) is 8.56. The van der Waals surface area contributed by atoms with E-state index in [4.69, 9.17) is 0 Å². The van der Waals surface area contributed by atoms with Gasteiger partial charge < -0.3 is 5.32 Å². The second kappa shape index (κ2) is 7.69.